The predicted octanol–water partition coefficient (Wildman–Crippen LogP) is 4.44. The molecule has 2 aromatic rings. The van der Waals surface area contributed by atoms with E-state index < -0.39 is 0 Å². The molecule has 3 nitrogen and oxygen atoms in total. The highest BCUT2D eigenvalue weighted by Gasteiger charge is 2.12. The second-order valence-corrected chi connectivity index (χ2v) is 6.72. The molecule has 0 radical (unpaired) electrons. The summed E-state index contributed by atoms with van der Waals surface area (Å²) in [6.07, 6.45) is 0.891. The number of aryl methyl sites for hydroxylation is 2. The molecule has 0 aromatic heterocycles. The Balaban J connectivity index is 1.67. The Kier molecular flexibility index (Phi) is 4.91. The van der Waals surface area contributed by atoms with Gasteiger partial charge < -0.3 is 9.47 Å². The molecule has 1 aliphatic rings. The van der Waals surface area contributed by atoms with E-state index in [1.165, 1.54) is 17.3 Å². The number of Topliss-reactive ketones (excluding diaryl/α,β-unsaturated/α-hetero) is 1. The lowest BCUT2D eigenvalue weighted by molar-refractivity contribution is 0.102. The molecule has 120 valence electrons. The lowest BCUT2D eigenvalue weighted by Crippen LogP contribution is -2.03. The number of hydrogen-bond acceptors (Lipinski definition) is 4. The monoisotopic (exact) mass is 328 g/mol. The van der Waals surface area contributed by atoms with Gasteiger partial charge in [-0.2, -0.15) is 0 Å². The fraction of sp³-hybridized carbons (Fsp3) is 0.316. The molecule has 1 heterocycles. The molecule has 0 unspecified atom stereocenters. The number of carbonyl (C=O) groups is 1. The molecular formula is C19H20O3S. The average Bonchev–Trinajstić information content (AvgIpc) is 2.80. The minimum Gasteiger partial charge on any atom is -0.490 e. The summed E-state index contributed by atoms with van der Waals surface area (Å²) in [4.78, 5) is 13.4. The van der Waals surface area contributed by atoms with Crippen LogP contribution in [0.4, 0.5) is 0 Å². The van der Waals surface area contributed by atoms with E-state index >= 15 is 0 Å². The van der Waals surface area contributed by atoms with E-state index in [0.717, 1.165) is 33.9 Å². The molecule has 0 fully saturated rings. The van der Waals surface area contributed by atoms with Gasteiger partial charge in [0, 0.05) is 16.9 Å². The third kappa shape index (κ3) is 3.88. The minimum absolute atomic E-state index is 0.144. The van der Waals surface area contributed by atoms with Gasteiger partial charge in [0.1, 0.15) is 0 Å². The van der Waals surface area contributed by atoms with Crippen molar-refractivity contribution in [1.29, 1.82) is 0 Å². The summed E-state index contributed by atoms with van der Waals surface area (Å²) in [7, 11) is 0. The van der Waals surface area contributed by atoms with Gasteiger partial charge in [-0.05, 0) is 49.2 Å². The molecule has 0 amide bonds. The van der Waals surface area contributed by atoms with Crippen LogP contribution in [0.1, 0.15) is 27.9 Å². The number of rotatable bonds is 4. The summed E-state index contributed by atoms with van der Waals surface area (Å²) >= 11 is 1.53. The lowest BCUT2D eigenvalue weighted by atomic mass is 10.0. The van der Waals surface area contributed by atoms with Crippen molar-refractivity contribution in [2.45, 2.75) is 25.2 Å². The Hall–Kier alpha value is -1.94. The van der Waals surface area contributed by atoms with Crippen LogP contribution >= 0.6 is 11.8 Å². The van der Waals surface area contributed by atoms with E-state index in [1.807, 2.05) is 43.3 Å². The lowest BCUT2D eigenvalue weighted by Gasteiger charge is -2.09. The Bertz CT molecular complexity index is 725. The maximum atomic E-state index is 12.3. The molecule has 0 bridgehead atoms. The Morgan fingerprint density at radius 3 is 2.57 bits per heavy atom. The van der Waals surface area contributed by atoms with Gasteiger partial charge in [0.25, 0.3) is 0 Å². The molecule has 0 atom stereocenters. The topological polar surface area (TPSA) is 35.5 Å². The maximum Gasteiger partial charge on any atom is 0.173 e. The van der Waals surface area contributed by atoms with Crippen LogP contribution in [-0.4, -0.2) is 24.7 Å². The number of thioether (sulfide) groups is 1. The van der Waals surface area contributed by atoms with Crippen molar-refractivity contribution >= 4 is 17.5 Å². The third-order valence-electron chi connectivity index (χ3n) is 3.92. The second-order valence-electron chi connectivity index (χ2n) is 5.67. The van der Waals surface area contributed by atoms with Crippen LogP contribution in [0.3, 0.4) is 0 Å². The van der Waals surface area contributed by atoms with E-state index in [0.29, 0.717) is 19.0 Å². The molecule has 23 heavy (non-hydrogen) atoms. The number of ketones is 1. The molecule has 3 rings (SSSR count). The fourth-order valence-corrected chi connectivity index (χ4v) is 3.20. The molecule has 0 spiro atoms. The van der Waals surface area contributed by atoms with E-state index in [4.69, 9.17) is 9.47 Å². The highest BCUT2D eigenvalue weighted by atomic mass is 32.2. The van der Waals surface area contributed by atoms with Gasteiger partial charge in [0.05, 0.1) is 19.0 Å². The molecular weight excluding hydrogens is 308 g/mol. The minimum atomic E-state index is 0.144. The van der Waals surface area contributed by atoms with E-state index in [1.54, 1.807) is 0 Å². The zero-order valence-electron chi connectivity index (χ0n) is 13.4. The summed E-state index contributed by atoms with van der Waals surface area (Å²) in [5, 5.41) is 0. The molecule has 0 saturated carbocycles. The van der Waals surface area contributed by atoms with Gasteiger partial charge in [0.15, 0.2) is 17.3 Å². The Morgan fingerprint density at radius 2 is 1.78 bits per heavy atom. The van der Waals surface area contributed by atoms with Gasteiger partial charge in [-0.3, -0.25) is 4.79 Å². The van der Waals surface area contributed by atoms with Crippen LogP contribution in [0.5, 0.6) is 11.5 Å². The summed E-state index contributed by atoms with van der Waals surface area (Å²) in [6.45, 7) is 5.44. The smallest absolute Gasteiger partial charge is 0.173 e. The van der Waals surface area contributed by atoms with Gasteiger partial charge in [-0.25, -0.2) is 0 Å². The summed E-state index contributed by atoms with van der Waals surface area (Å²) in [5.41, 5.74) is 3.13. The van der Waals surface area contributed by atoms with Crippen LogP contribution in [0.2, 0.25) is 0 Å². The van der Waals surface area contributed by atoms with E-state index in [9.17, 15) is 4.79 Å². The number of fused-ring (bicyclic) bond motifs is 1. The quantitative estimate of drug-likeness (QED) is 0.614. The zero-order valence-corrected chi connectivity index (χ0v) is 14.2. The number of carbonyl (C=O) groups excluding carboxylic acids is 1. The number of benzene rings is 2. The Morgan fingerprint density at radius 1 is 1.00 bits per heavy atom. The van der Waals surface area contributed by atoms with Crippen molar-refractivity contribution in [2.75, 3.05) is 19.0 Å². The zero-order chi connectivity index (χ0) is 16.2. The van der Waals surface area contributed by atoms with Crippen molar-refractivity contribution in [3.05, 3.63) is 53.1 Å². The first-order valence-corrected chi connectivity index (χ1v) is 8.75. The first-order valence-electron chi connectivity index (χ1n) is 7.76. The molecule has 0 saturated heterocycles. The predicted molar refractivity (Wildman–Crippen MR) is 93.0 cm³/mol. The summed E-state index contributed by atoms with van der Waals surface area (Å²) in [5.74, 6) is 2.12. The van der Waals surface area contributed by atoms with Crippen LogP contribution < -0.4 is 9.47 Å². The molecule has 2 aromatic carbocycles. The van der Waals surface area contributed by atoms with Crippen LogP contribution in [0.25, 0.3) is 0 Å². The van der Waals surface area contributed by atoms with E-state index in [2.05, 4.69) is 6.92 Å². The standard InChI is InChI=1S/C19H20O3S/c1-13-4-5-15(10-14(13)2)17(20)12-23-16-6-7-18-19(11-16)22-9-3-8-21-18/h4-7,10-11H,3,8-9,12H2,1-2H3. The fourth-order valence-electron chi connectivity index (χ4n) is 2.38. The van der Waals surface area contributed by atoms with Crippen LogP contribution in [-0.2, 0) is 0 Å². The third-order valence-corrected chi connectivity index (χ3v) is 4.91. The number of hydrogen-bond donors (Lipinski definition) is 0. The van der Waals surface area contributed by atoms with Gasteiger partial charge in [0.2, 0.25) is 0 Å². The van der Waals surface area contributed by atoms with Crippen molar-refractivity contribution in [3.8, 4) is 11.5 Å². The van der Waals surface area contributed by atoms with Gasteiger partial charge in [-0.1, -0.05) is 12.1 Å². The molecule has 0 aliphatic carbocycles. The normalized spacial score (nSPS) is 13.5. The summed E-state index contributed by atoms with van der Waals surface area (Å²) in [6, 6.07) is 11.7. The van der Waals surface area contributed by atoms with Gasteiger partial charge in [-0.15, -0.1) is 11.8 Å². The highest BCUT2D eigenvalue weighted by Crippen LogP contribution is 2.34. The summed E-state index contributed by atoms with van der Waals surface area (Å²) < 4.78 is 11.3. The highest BCUT2D eigenvalue weighted by molar-refractivity contribution is 8.00. The van der Waals surface area contributed by atoms with Crippen molar-refractivity contribution in [1.82, 2.24) is 0 Å². The largest absolute Gasteiger partial charge is 0.490 e. The first kappa shape index (κ1) is 15.9. The maximum absolute atomic E-state index is 12.3. The first-order chi connectivity index (χ1) is 11.1. The van der Waals surface area contributed by atoms with Crippen molar-refractivity contribution in [2.24, 2.45) is 0 Å². The number of ether oxygens (including phenoxy) is 2. The van der Waals surface area contributed by atoms with Gasteiger partial charge >= 0.3 is 0 Å². The molecule has 4 heteroatoms. The van der Waals surface area contributed by atoms with E-state index in [-0.39, 0.29) is 5.78 Å². The van der Waals surface area contributed by atoms with Crippen LogP contribution in [0.15, 0.2) is 41.3 Å². The Labute approximate surface area is 141 Å². The molecule has 0 N–H and O–H groups in total. The van der Waals surface area contributed by atoms with Crippen molar-refractivity contribution < 1.29 is 14.3 Å². The second kappa shape index (κ2) is 7.09. The van der Waals surface area contributed by atoms with Crippen LogP contribution in [0, 0.1) is 13.8 Å². The average molecular weight is 328 g/mol. The van der Waals surface area contributed by atoms with Crippen molar-refractivity contribution in [3.63, 3.8) is 0 Å². The molecule has 1 aliphatic heterocycles. The SMILES string of the molecule is Cc1ccc(C(=O)CSc2ccc3c(c2)OCCCO3)cc1C.